The van der Waals surface area contributed by atoms with Crippen LogP contribution in [0.15, 0.2) is 0 Å². The summed E-state index contributed by atoms with van der Waals surface area (Å²) in [5.74, 6) is 0.296. The summed E-state index contributed by atoms with van der Waals surface area (Å²) in [6.07, 6.45) is 8.39. The van der Waals surface area contributed by atoms with E-state index in [-0.39, 0.29) is 6.04 Å². The van der Waals surface area contributed by atoms with Crippen molar-refractivity contribution < 1.29 is 4.79 Å². The van der Waals surface area contributed by atoms with E-state index >= 15 is 0 Å². The summed E-state index contributed by atoms with van der Waals surface area (Å²) in [5.41, 5.74) is 0. The highest BCUT2D eigenvalue weighted by molar-refractivity contribution is 5.81. The number of likely N-dealkylation sites (tertiary alicyclic amines) is 1. The van der Waals surface area contributed by atoms with E-state index in [2.05, 4.69) is 19.2 Å². The predicted octanol–water partition coefficient (Wildman–Crippen LogP) is 2.95. The van der Waals surface area contributed by atoms with Crippen molar-refractivity contribution in [3.8, 4) is 0 Å². The third kappa shape index (κ3) is 4.97. The predicted molar refractivity (Wildman–Crippen MR) is 76.6 cm³/mol. The molecule has 1 N–H and O–H groups in total. The summed E-state index contributed by atoms with van der Waals surface area (Å²) in [4.78, 5) is 14.2. The molecule has 0 saturated carbocycles. The lowest BCUT2D eigenvalue weighted by atomic mass is 10.0. The van der Waals surface area contributed by atoms with Crippen molar-refractivity contribution in [1.29, 1.82) is 0 Å². The fourth-order valence-corrected chi connectivity index (χ4v) is 2.75. The van der Waals surface area contributed by atoms with Crippen LogP contribution in [-0.4, -0.2) is 36.0 Å². The molecule has 1 aliphatic rings. The van der Waals surface area contributed by atoms with Crippen LogP contribution in [0.3, 0.4) is 0 Å². The Bertz CT molecular complexity index is 237. The molecule has 2 atom stereocenters. The number of rotatable bonds is 8. The number of amides is 1. The van der Waals surface area contributed by atoms with Crippen molar-refractivity contribution >= 4 is 5.91 Å². The maximum absolute atomic E-state index is 12.2. The summed E-state index contributed by atoms with van der Waals surface area (Å²) in [6, 6.07) is 0.494. The van der Waals surface area contributed by atoms with Gasteiger partial charge in [-0.2, -0.15) is 0 Å². The zero-order chi connectivity index (χ0) is 13.4. The van der Waals surface area contributed by atoms with Gasteiger partial charge in [0.15, 0.2) is 0 Å². The molecule has 0 radical (unpaired) electrons. The highest BCUT2D eigenvalue weighted by atomic mass is 16.2. The van der Waals surface area contributed by atoms with Crippen LogP contribution in [0.1, 0.15) is 65.7 Å². The van der Waals surface area contributed by atoms with E-state index in [1.165, 1.54) is 44.9 Å². The lowest BCUT2D eigenvalue weighted by Crippen LogP contribution is -2.47. The first-order valence-corrected chi connectivity index (χ1v) is 7.73. The van der Waals surface area contributed by atoms with E-state index < -0.39 is 0 Å². The molecule has 3 nitrogen and oxygen atoms in total. The van der Waals surface area contributed by atoms with Gasteiger partial charge in [0.1, 0.15) is 0 Å². The van der Waals surface area contributed by atoms with Gasteiger partial charge in [0, 0.05) is 19.1 Å². The Morgan fingerprint density at radius 1 is 1.17 bits per heavy atom. The molecular formula is C15H30N2O. The van der Waals surface area contributed by atoms with Crippen molar-refractivity contribution in [2.75, 3.05) is 13.1 Å². The smallest absolute Gasteiger partial charge is 0.239 e. The first-order valence-electron chi connectivity index (χ1n) is 7.73. The van der Waals surface area contributed by atoms with Gasteiger partial charge in [0.05, 0.1) is 6.04 Å². The molecule has 0 aromatic carbocycles. The Morgan fingerprint density at radius 3 is 2.39 bits per heavy atom. The second kappa shape index (κ2) is 8.52. The van der Waals surface area contributed by atoms with Gasteiger partial charge >= 0.3 is 0 Å². The molecule has 1 aliphatic heterocycles. The molecule has 3 heteroatoms. The molecule has 0 aromatic heterocycles. The summed E-state index contributed by atoms with van der Waals surface area (Å²) in [6.45, 7) is 8.38. The van der Waals surface area contributed by atoms with Crippen molar-refractivity contribution in [2.24, 2.45) is 0 Å². The van der Waals surface area contributed by atoms with Crippen LogP contribution < -0.4 is 5.32 Å². The zero-order valence-corrected chi connectivity index (χ0v) is 12.4. The molecule has 1 amide bonds. The molecule has 0 bridgehead atoms. The molecule has 1 saturated heterocycles. The fraction of sp³-hybridized carbons (Fsp3) is 0.933. The van der Waals surface area contributed by atoms with Crippen LogP contribution in [0.25, 0.3) is 0 Å². The van der Waals surface area contributed by atoms with E-state index in [9.17, 15) is 4.79 Å². The van der Waals surface area contributed by atoms with E-state index in [0.29, 0.717) is 11.9 Å². The van der Waals surface area contributed by atoms with Crippen molar-refractivity contribution in [1.82, 2.24) is 10.2 Å². The lowest BCUT2D eigenvalue weighted by molar-refractivity contribution is -0.132. The van der Waals surface area contributed by atoms with Crippen molar-refractivity contribution in [3.63, 3.8) is 0 Å². The van der Waals surface area contributed by atoms with E-state index in [1.807, 2.05) is 11.8 Å². The van der Waals surface area contributed by atoms with Gasteiger partial charge in [-0.15, -0.1) is 0 Å². The maximum Gasteiger partial charge on any atom is 0.239 e. The van der Waals surface area contributed by atoms with Crippen LogP contribution in [0.4, 0.5) is 0 Å². The van der Waals surface area contributed by atoms with Crippen LogP contribution >= 0.6 is 0 Å². The molecule has 0 aromatic rings. The van der Waals surface area contributed by atoms with Crippen molar-refractivity contribution in [3.05, 3.63) is 0 Å². The Hall–Kier alpha value is -0.570. The molecule has 0 aliphatic carbocycles. The fourth-order valence-electron chi connectivity index (χ4n) is 2.75. The average molecular weight is 254 g/mol. The zero-order valence-electron chi connectivity index (χ0n) is 12.4. The number of carbonyl (C=O) groups is 1. The van der Waals surface area contributed by atoms with Crippen LogP contribution in [-0.2, 0) is 4.79 Å². The van der Waals surface area contributed by atoms with Gasteiger partial charge in [0.2, 0.25) is 5.91 Å². The van der Waals surface area contributed by atoms with Gasteiger partial charge in [-0.1, -0.05) is 33.1 Å². The number of hydrogen-bond acceptors (Lipinski definition) is 2. The van der Waals surface area contributed by atoms with Crippen molar-refractivity contribution in [2.45, 2.75) is 77.8 Å². The van der Waals surface area contributed by atoms with Gasteiger partial charge < -0.3 is 10.2 Å². The molecule has 1 rings (SSSR count). The molecule has 106 valence electrons. The maximum atomic E-state index is 12.2. The van der Waals surface area contributed by atoms with E-state index in [4.69, 9.17) is 0 Å². The summed E-state index contributed by atoms with van der Waals surface area (Å²) < 4.78 is 0. The van der Waals surface area contributed by atoms with Gasteiger partial charge in [-0.3, -0.25) is 4.79 Å². The van der Waals surface area contributed by atoms with E-state index in [0.717, 1.165) is 13.1 Å². The SMILES string of the molecule is CCCCC(CCC)NC(C)C(=O)N1CCCC1. The standard InChI is InChI=1S/C15H30N2O/c1-4-6-10-14(9-5-2)16-13(3)15(18)17-11-7-8-12-17/h13-14,16H,4-12H2,1-3H3. The molecule has 18 heavy (non-hydrogen) atoms. The van der Waals surface area contributed by atoms with Crippen LogP contribution in [0, 0.1) is 0 Å². The molecular weight excluding hydrogens is 224 g/mol. The average Bonchev–Trinajstić information content (AvgIpc) is 2.89. The Morgan fingerprint density at radius 2 is 1.83 bits per heavy atom. The second-order valence-electron chi connectivity index (χ2n) is 5.55. The first kappa shape index (κ1) is 15.5. The van der Waals surface area contributed by atoms with Crippen LogP contribution in [0.2, 0.25) is 0 Å². The Balaban J connectivity index is 2.38. The minimum absolute atomic E-state index is 0.0171. The van der Waals surface area contributed by atoms with Gasteiger partial charge in [-0.05, 0) is 32.6 Å². The largest absolute Gasteiger partial charge is 0.341 e. The third-order valence-corrected chi connectivity index (χ3v) is 3.82. The number of nitrogens with one attached hydrogen (secondary N) is 1. The quantitative estimate of drug-likeness (QED) is 0.722. The molecule has 0 spiro atoms. The molecule has 1 fully saturated rings. The number of nitrogens with zero attached hydrogens (tertiary/aromatic N) is 1. The number of unbranched alkanes of at least 4 members (excludes halogenated alkanes) is 1. The van der Waals surface area contributed by atoms with Gasteiger partial charge in [-0.25, -0.2) is 0 Å². The minimum atomic E-state index is -0.0171. The molecule has 2 unspecified atom stereocenters. The normalized spacial score (nSPS) is 18.9. The second-order valence-corrected chi connectivity index (χ2v) is 5.55. The Labute approximate surface area is 112 Å². The third-order valence-electron chi connectivity index (χ3n) is 3.82. The summed E-state index contributed by atoms with van der Waals surface area (Å²) in [5, 5.41) is 3.54. The topological polar surface area (TPSA) is 32.3 Å². The lowest BCUT2D eigenvalue weighted by Gasteiger charge is -2.26. The number of carbonyl (C=O) groups excluding carboxylic acids is 1. The van der Waals surface area contributed by atoms with Crippen LogP contribution in [0.5, 0.6) is 0 Å². The highest BCUT2D eigenvalue weighted by Gasteiger charge is 2.24. The monoisotopic (exact) mass is 254 g/mol. The number of hydrogen-bond donors (Lipinski definition) is 1. The van der Waals surface area contributed by atoms with E-state index in [1.54, 1.807) is 0 Å². The summed E-state index contributed by atoms with van der Waals surface area (Å²) in [7, 11) is 0. The summed E-state index contributed by atoms with van der Waals surface area (Å²) >= 11 is 0. The minimum Gasteiger partial charge on any atom is -0.341 e. The Kier molecular flexibility index (Phi) is 7.33. The van der Waals surface area contributed by atoms with Gasteiger partial charge in [0.25, 0.3) is 0 Å². The highest BCUT2D eigenvalue weighted by Crippen LogP contribution is 2.12. The first-order chi connectivity index (χ1) is 8.69. The molecule has 1 heterocycles.